The predicted octanol–water partition coefficient (Wildman–Crippen LogP) is 3.75. The molecule has 2 nitrogen and oxygen atoms in total. The van der Waals surface area contributed by atoms with E-state index in [1.165, 1.54) is 33.8 Å². The standard InChI is InChI=1S/C18H24N2S/c1-14-6-3-4-7-16(14)18(17-9-8-15(2)21-17)20-12-5-10-19-11-13-20/h3-4,6-9,18-19H,5,10-13H2,1-2H3. The molecule has 0 saturated carbocycles. The van der Waals surface area contributed by atoms with E-state index < -0.39 is 0 Å². The second kappa shape index (κ2) is 6.73. The molecular weight excluding hydrogens is 276 g/mol. The van der Waals surface area contributed by atoms with Gasteiger partial charge < -0.3 is 5.32 Å². The molecule has 1 unspecified atom stereocenters. The van der Waals surface area contributed by atoms with Gasteiger partial charge in [-0.05, 0) is 50.1 Å². The van der Waals surface area contributed by atoms with Gasteiger partial charge in [-0.2, -0.15) is 0 Å². The fraction of sp³-hybridized carbons (Fsp3) is 0.444. The van der Waals surface area contributed by atoms with Crippen molar-refractivity contribution < 1.29 is 0 Å². The van der Waals surface area contributed by atoms with Gasteiger partial charge in [0, 0.05) is 29.4 Å². The van der Waals surface area contributed by atoms with Crippen molar-refractivity contribution >= 4 is 11.3 Å². The average molecular weight is 300 g/mol. The van der Waals surface area contributed by atoms with Crippen molar-refractivity contribution in [3.63, 3.8) is 0 Å². The second-order valence-electron chi connectivity index (χ2n) is 5.85. The molecule has 1 saturated heterocycles. The van der Waals surface area contributed by atoms with Crippen LogP contribution in [0.25, 0.3) is 0 Å². The smallest absolute Gasteiger partial charge is 0.0699 e. The molecule has 1 aliphatic heterocycles. The minimum absolute atomic E-state index is 0.407. The molecule has 3 rings (SSSR count). The summed E-state index contributed by atoms with van der Waals surface area (Å²) in [5, 5.41) is 3.52. The lowest BCUT2D eigenvalue weighted by Gasteiger charge is -2.31. The number of nitrogens with one attached hydrogen (secondary N) is 1. The van der Waals surface area contributed by atoms with E-state index in [0.29, 0.717) is 6.04 Å². The molecular formula is C18H24N2S. The van der Waals surface area contributed by atoms with Crippen LogP contribution in [-0.4, -0.2) is 31.1 Å². The molecule has 0 bridgehead atoms. The van der Waals surface area contributed by atoms with Gasteiger partial charge >= 0.3 is 0 Å². The number of thiophene rings is 1. The fourth-order valence-corrected chi connectivity index (χ4v) is 4.18. The van der Waals surface area contributed by atoms with Gasteiger partial charge in [0.15, 0.2) is 0 Å². The molecule has 1 aromatic heterocycles. The van der Waals surface area contributed by atoms with Gasteiger partial charge in [0.2, 0.25) is 0 Å². The first-order valence-corrected chi connectivity index (χ1v) is 8.64. The SMILES string of the molecule is Cc1ccc(C(c2ccccc2C)N2CCCNCC2)s1. The van der Waals surface area contributed by atoms with Crippen molar-refractivity contribution in [3.05, 3.63) is 57.3 Å². The number of rotatable bonds is 3. The topological polar surface area (TPSA) is 15.3 Å². The van der Waals surface area contributed by atoms with Gasteiger partial charge in [-0.25, -0.2) is 0 Å². The number of hydrogen-bond donors (Lipinski definition) is 1. The van der Waals surface area contributed by atoms with E-state index in [0.717, 1.165) is 19.6 Å². The minimum Gasteiger partial charge on any atom is -0.315 e. The Kier molecular flexibility index (Phi) is 4.73. The third-order valence-electron chi connectivity index (χ3n) is 4.25. The summed E-state index contributed by atoms with van der Waals surface area (Å²) in [6.07, 6.45) is 1.23. The Morgan fingerprint density at radius 3 is 2.67 bits per heavy atom. The lowest BCUT2D eigenvalue weighted by molar-refractivity contribution is 0.243. The highest BCUT2D eigenvalue weighted by atomic mass is 32.1. The van der Waals surface area contributed by atoms with Crippen LogP contribution in [0.2, 0.25) is 0 Å². The molecule has 21 heavy (non-hydrogen) atoms. The summed E-state index contributed by atoms with van der Waals surface area (Å²) >= 11 is 1.94. The summed E-state index contributed by atoms with van der Waals surface area (Å²) in [6, 6.07) is 13.8. The van der Waals surface area contributed by atoms with Crippen molar-refractivity contribution in [1.82, 2.24) is 10.2 Å². The van der Waals surface area contributed by atoms with E-state index in [1.807, 2.05) is 11.3 Å². The molecule has 1 aromatic carbocycles. The Bertz CT molecular complexity index is 582. The Morgan fingerprint density at radius 1 is 1.05 bits per heavy atom. The van der Waals surface area contributed by atoms with Gasteiger partial charge in [0.1, 0.15) is 0 Å². The van der Waals surface area contributed by atoms with Crippen LogP contribution in [0, 0.1) is 13.8 Å². The molecule has 1 N–H and O–H groups in total. The molecule has 112 valence electrons. The van der Waals surface area contributed by atoms with Crippen LogP contribution in [0.3, 0.4) is 0 Å². The molecule has 1 fully saturated rings. The van der Waals surface area contributed by atoms with Crippen molar-refractivity contribution in [2.45, 2.75) is 26.3 Å². The molecule has 2 heterocycles. The van der Waals surface area contributed by atoms with E-state index in [4.69, 9.17) is 0 Å². The number of aryl methyl sites for hydroxylation is 2. The van der Waals surface area contributed by atoms with Crippen molar-refractivity contribution in [1.29, 1.82) is 0 Å². The van der Waals surface area contributed by atoms with Crippen molar-refractivity contribution in [2.24, 2.45) is 0 Å². The molecule has 0 spiro atoms. The highest BCUT2D eigenvalue weighted by molar-refractivity contribution is 7.12. The molecule has 1 atom stereocenters. The molecule has 3 heteroatoms. The summed E-state index contributed by atoms with van der Waals surface area (Å²) in [7, 11) is 0. The van der Waals surface area contributed by atoms with Gasteiger partial charge in [-0.15, -0.1) is 11.3 Å². The predicted molar refractivity (Wildman–Crippen MR) is 91.1 cm³/mol. The van der Waals surface area contributed by atoms with E-state index in [1.54, 1.807) is 0 Å². The van der Waals surface area contributed by atoms with Gasteiger partial charge in [0.25, 0.3) is 0 Å². The summed E-state index contributed by atoms with van der Waals surface area (Å²) in [6.45, 7) is 8.96. The van der Waals surface area contributed by atoms with Crippen LogP contribution in [0.4, 0.5) is 0 Å². The van der Waals surface area contributed by atoms with Gasteiger partial charge in [-0.3, -0.25) is 4.90 Å². The second-order valence-corrected chi connectivity index (χ2v) is 7.17. The fourth-order valence-electron chi connectivity index (χ4n) is 3.15. The Labute approximate surface area is 131 Å². The number of hydrogen-bond acceptors (Lipinski definition) is 3. The first-order valence-electron chi connectivity index (χ1n) is 7.82. The zero-order valence-electron chi connectivity index (χ0n) is 12.9. The zero-order chi connectivity index (χ0) is 14.7. The summed E-state index contributed by atoms with van der Waals surface area (Å²) < 4.78 is 0. The molecule has 1 aliphatic rings. The maximum Gasteiger partial charge on any atom is 0.0699 e. The number of nitrogens with zero attached hydrogens (tertiary/aromatic N) is 1. The van der Waals surface area contributed by atoms with Crippen LogP contribution >= 0.6 is 11.3 Å². The van der Waals surface area contributed by atoms with E-state index in [9.17, 15) is 0 Å². The normalized spacial score (nSPS) is 18.4. The van der Waals surface area contributed by atoms with Gasteiger partial charge in [0.05, 0.1) is 6.04 Å². The lowest BCUT2D eigenvalue weighted by atomic mass is 9.98. The summed E-state index contributed by atoms with van der Waals surface area (Å²) in [5.41, 5.74) is 2.85. The Morgan fingerprint density at radius 2 is 1.90 bits per heavy atom. The van der Waals surface area contributed by atoms with Crippen LogP contribution < -0.4 is 5.32 Å². The van der Waals surface area contributed by atoms with Crippen LogP contribution in [0.1, 0.15) is 33.3 Å². The van der Waals surface area contributed by atoms with Crippen LogP contribution in [0.15, 0.2) is 36.4 Å². The molecule has 0 aliphatic carbocycles. The van der Waals surface area contributed by atoms with Crippen molar-refractivity contribution in [3.8, 4) is 0 Å². The van der Waals surface area contributed by atoms with Gasteiger partial charge in [-0.1, -0.05) is 24.3 Å². The first-order chi connectivity index (χ1) is 10.3. The summed E-state index contributed by atoms with van der Waals surface area (Å²) in [4.78, 5) is 5.52. The molecule has 0 radical (unpaired) electrons. The highest BCUT2D eigenvalue weighted by Crippen LogP contribution is 2.35. The van der Waals surface area contributed by atoms with E-state index in [2.05, 4.69) is 60.5 Å². The quantitative estimate of drug-likeness (QED) is 0.928. The zero-order valence-corrected chi connectivity index (χ0v) is 13.7. The lowest BCUT2D eigenvalue weighted by Crippen LogP contribution is -2.33. The first kappa shape index (κ1) is 14.8. The maximum atomic E-state index is 3.52. The monoisotopic (exact) mass is 300 g/mol. The van der Waals surface area contributed by atoms with E-state index in [-0.39, 0.29) is 0 Å². The van der Waals surface area contributed by atoms with E-state index >= 15 is 0 Å². The highest BCUT2D eigenvalue weighted by Gasteiger charge is 2.25. The Hall–Kier alpha value is -1.16. The average Bonchev–Trinajstić information content (AvgIpc) is 2.74. The molecule has 2 aromatic rings. The Balaban J connectivity index is 2.00. The maximum absolute atomic E-state index is 3.52. The third kappa shape index (κ3) is 3.37. The van der Waals surface area contributed by atoms with Crippen molar-refractivity contribution in [2.75, 3.05) is 26.2 Å². The largest absolute Gasteiger partial charge is 0.315 e. The summed E-state index contributed by atoms with van der Waals surface area (Å²) in [5.74, 6) is 0. The van der Waals surface area contributed by atoms with Crippen LogP contribution in [0.5, 0.6) is 0 Å². The van der Waals surface area contributed by atoms with Crippen LogP contribution in [-0.2, 0) is 0 Å². The minimum atomic E-state index is 0.407. The third-order valence-corrected chi connectivity index (χ3v) is 5.31. The molecule has 0 amide bonds. The number of benzene rings is 1.